The average molecular weight is 260 g/mol. The molecule has 5 rings (SSSR count). The second-order valence-electron chi connectivity index (χ2n) is 7.59. The maximum absolute atomic E-state index is 5.47. The second-order valence-corrected chi connectivity index (χ2v) is 7.59. The van der Waals surface area contributed by atoms with Gasteiger partial charge in [0, 0.05) is 5.41 Å². The van der Waals surface area contributed by atoms with Crippen LogP contribution >= 0.6 is 0 Å². The Morgan fingerprint density at radius 3 is 2.37 bits per heavy atom. The smallest absolute Gasteiger partial charge is 0.157 e. The Morgan fingerprint density at radius 2 is 1.84 bits per heavy atom. The Hall–Kier alpha value is -0.760. The molecule has 0 saturated heterocycles. The molecule has 1 atom stereocenters. The SMILES string of the molecule is C[C@@H]([NH2+]Cc1ccco1)C12CC3CC(CC(C3)C1)C2. The van der Waals surface area contributed by atoms with E-state index in [0.717, 1.165) is 36.1 Å². The van der Waals surface area contributed by atoms with E-state index in [-0.39, 0.29) is 0 Å². The average Bonchev–Trinajstić information content (AvgIpc) is 2.87. The number of nitrogens with two attached hydrogens (primary N) is 1. The molecule has 0 aromatic carbocycles. The normalized spacial score (nSPS) is 41.6. The van der Waals surface area contributed by atoms with Gasteiger partial charge < -0.3 is 9.73 Å². The summed E-state index contributed by atoms with van der Waals surface area (Å²) in [5.74, 6) is 4.30. The Morgan fingerprint density at radius 1 is 1.21 bits per heavy atom. The molecule has 1 heterocycles. The van der Waals surface area contributed by atoms with Crippen molar-refractivity contribution in [1.29, 1.82) is 0 Å². The van der Waals surface area contributed by atoms with Crippen LogP contribution in [0.1, 0.15) is 51.2 Å². The minimum Gasteiger partial charge on any atom is -0.463 e. The van der Waals surface area contributed by atoms with E-state index in [0.29, 0.717) is 5.41 Å². The van der Waals surface area contributed by atoms with E-state index in [9.17, 15) is 0 Å². The van der Waals surface area contributed by atoms with Crippen LogP contribution in [0.5, 0.6) is 0 Å². The maximum Gasteiger partial charge on any atom is 0.157 e. The van der Waals surface area contributed by atoms with Crippen LogP contribution in [0.2, 0.25) is 0 Å². The van der Waals surface area contributed by atoms with Crippen LogP contribution in [0, 0.1) is 23.2 Å². The standard InChI is InChI=1S/C17H25NO/c1-12(18-11-16-3-2-4-19-16)17-8-13-5-14(9-17)7-15(6-13)10-17/h2-4,12-15,18H,5-11H2,1H3/p+1/t12-,13?,14?,15?,17?/m1/s1. The zero-order chi connectivity index (χ0) is 12.9. The molecule has 2 heteroatoms. The van der Waals surface area contributed by atoms with Crippen molar-refractivity contribution < 1.29 is 9.73 Å². The third-order valence-corrected chi connectivity index (χ3v) is 6.30. The Balaban J connectivity index is 1.45. The first kappa shape index (κ1) is 12.0. The van der Waals surface area contributed by atoms with Gasteiger partial charge in [0.05, 0.1) is 12.3 Å². The van der Waals surface area contributed by atoms with Gasteiger partial charge in [-0.05, 0) is 75.3 Å². The summed E-state index contributed by atoms with van der Waals surface area (Å²) in [4.78, 5) is 0. The summed E-state index contributed by atoms with van der Waals surface area (Å²) in [6.07, 6.45) is 11.0. The molecule has 0 unspecified atom stereocenters. The van der Waals surface area contributed by atoms with Gasteiger partial charge in [-0.3, -0.25) is 0 Å². The number of hydrogen-bond acceptors (Lipinski definition) is 1. The summed E-state index contributed by atoms with van der Waals surface area (Å²) in [6.45, 7) is 3.48. The molecule has 0 radical (unpaired) electrons. The molecule has 4 fully saturated rings. The largest absolute Gasteiger partial charge is 0.463 e. The number of furan rings is 1. The molecule has 4 aliphatic carbocycles. The highest BCUT2D eigenvalue weighted by atomic mass is 16.3. The van der Waals surface area contributed by atoms with Crippen molar-refractivity contribution in [2.45, 2.75) is 58.0 Å². The van der Waals surface area contributed by atoms with E-state index in [4.69, 9.17) is 4.42 Å². The van der Waals surface area contributed by atoms with Gasteiger partial charge in [0.15, 0.2) is 5.76 Å². The lowest BCUT2D eigenvalue weighted by molar-refractivity contribution is -0.718. The zero-order valence-corrected chi connectivity index (χ0v) is 12.0. The van der Waals surface area contributed by atoms with Crippen LogP contribution in [0.3, 0.4) is 0 Å². The maximum atomic E-state index is 5.47. The van der Waals surface area contributed by atoms with Gasteiger partial charge in [0.1, 0.15) is 6.54 Å². The van der Waals surface area contributed by atoms with Crippen molar-refractivity contribution in [3.05, 3.63) is 24.2 Å². The predicted octanol–water partition coefficient (Wildman–Crippen LogP) is 2.95. The summed E-state index contributed by atoms with van der Waals surface area (Å²) in [5.41, 5.74) is 0.654. The number of quaternary nitrogens is 1. The van der Waals surface area contributed by atoms with Crippen LogP contribution < -0.4 is 5.32 Å². The van der Waals surface area contributed by atoms with Gasteiger partial charge in [-0.25, -0.2) is 0 Å². The van der Waals surface area contributed by atoms with E-state index in [1.165, 1.54) is 19.3 Å². The van der Waals surface area contributed by atoms with E-state index in [1.807, 2.05) is 6.07 Å². The molecule has 2 nitrogen and oxygen atoms in total. The third kappa shape index (κ3) is 2.05. The highest BCUT2D eigenvalue weighted by Crippen LogP contribution is 2.60. The van der Waals surface area contributed by atoms with Crippen LogP contribution in [0.4, 0.5) is 0 Å². The van der Waals surface area contributed by atoms with Gasteiger partial charge in [-0.2, -0.15) is 0 Å². The lowest BCUT2D eigenvalue weighted by Crippen LogP contribution is -2.91. The van der Waals surface area contributed by atoms with Crippen LogP contribution in [0.25, 0.3) is 0 Å². The van der Waals surface area contributed by atoms with Crippen molar-refractivity contribution >= 4 is 0 Å². The second kappa shape index (κ2) is 4.37. The van der Waals surface area contributed by atoms with Gasteiger partial charge in [0.25, 0.3) is 0 Å². The van der Waals surface area contributed by atoms with Gasteiger partial charge in [0.2, 0.25) is 0 Å². The Bertz CT molecular complexity index is 401. The van der Waals surface area contributed by atoms with Crippen LogP contribution in [-0.4, -0.2) is 6.04 Å². The number of hydrogen-bond donors (Lipinski definition) is 1. The van der Waals surface area contributed by atoms with Gasteiger partial charge in [-0.15, -0.1) is 0 Å². The molecule has 2 N–H and O–H groups in total. The summed E-state index contributed by atoms with van der Waals surface area (Å²) in [7, 11) is 0. The molecule has 19 heavy (non-hydrogen) atoms. The third-order valence-electron chi connectivity index (χ3n) is 6.30. The topological polar surface area (TPSA) is 29.8 Å². The molecule has 1 aromatic rings. The lowest BCUT2D eigenvalue weighted by Gasteiger charge is -2.57. The minimum atomic E-state index is 0.654. The Labute approximate surface area is 116 Å². The van der Waals surface area contributed by atoms with Crippen molar-refractivity contribution in [2.75, 3.05) is 0 Å². The monoisotopic (exact) mass is 260 g/mol. The molecule has 4 bridgehead atoms. The fraction of sp³-hybridized carbons (Fsp3) is 0.765. The highest BCUT2D eigenvalue weighted by molar-refractivity contribution is 5.03. The predicted molar refractivity (Wildman–Crippen MR) is 74.4 cm³/mol. The van der Waals surface area contributed by atoms with Crippen molar-refractivity contribution in [3.8, 4) is 0 Å². The molecule has 0 aliphatic heterocycles. The first-order valence-electron chi connectivity index (χ1n) is 8.09. The molecule has 4 aliphatic rings. The van der Waals surface area contributed by atoms with E-state index in [1.54, 1.807) is 25.5 Å². The molecule has 1 aromatic heterocycles. The molecular formula is C17H26NO+. The quantitative estimate of drug-likeness (QED) is 0.886. The molecule has 0 amide bonds. The van der Waals surface area contributed by atoms with Gasteiger partial charge >= 0.3 is 0 Å². The summed E-state index contributed by atoms with van der Waals surface area (Å²) < 4.78 is 5.47. The summed E-state index contributed by atoms with van der Waals surface area (Å²) in [6, 6.07) is 4.85. The first-order chi connectivity index (χ1) is 9.23. The van der Waals surface area contributed by atoms with E-state index >= 15 is 0 Å². The van der Waals surface area contributed by atoms with Gasteiger partial charge in [-0.1, -0.05) is 0 Å². The van der Waals surface area contributed by atoms with Crippen LogP contribution in [-0.2, 0) is 6.54 Å². The summed E-state index contributed by atoms with van der Waals surface area (Å²) >= 11 is 0. The number of rotatable bonds is 4. The Kier molecular flexibility index (Phi) is 2.77. The zero-order valence-electron chi connectivity index (χ0n) is 12.0. The molecule has 0 spiro atoms. The van der Waals surface area contributed by atoms with Crippen molar-refractivity contribution in [2.24, 2.45) is 23.2 Å². The van der Waals surface area contributed by atoms with Crippen LogP contribution in [0.15, 0.2) is 22.8 Å². The molecular weight excluding hydrogens is 234 g/mol. The fourth-order valence-corrected chi connectivity index (χ4v) is 5.71. The van der Waals surface area contributed by atoms with E-state index in [2.05, 4.69) is 18.3 Å². The lowest BCUT2D eigenvalue weighted by atomic mass is 9.48. The fourth-order valence-electron chi connectivity index (χ4n) is 5.71. The highest BCUT2D eigenvalue weighted by Gasteiger charge is 2.54. The summed E-state index contributed by atoms with van der Waals surface area (Å²) in [5, 5.41) is 2.53. The first-order valence-corrected chi connectivity index (χ1v) is 8.09. The van der Waals surface area contributed by atoms with E-state index < -0.39 is 0 Å². The minimum absolute atomic E-state index is 0.654. The van der Waals surface area contributed by atoms with Crippen molar-refractivity contribution in [3.63, 3.8) is 0 Å². The molecule has 104 valence electrons. The molecule has 4 saturated carbocycles. The van der Waals surface area contributed by atoms with Crippen molar-refractivity contribution in [1.82, 2.24) is 0 Å².